The number of nitrogens with zero attached hydrogens (tertiary/aromatic N) is 1. The highest BCUT2D eigenvalue weighted by molar-refractivity contribution is 7.89. The lowest BCUT2D eigenvalue weighted by molar-refractivity contribution is 0.0729. The van der Waals surface area contributed by atoms with E-state index in [1.807, 2.05) is 19.9 Å². The van der Waals surface area contributed by atoms with Crippen LogP contribution in [0.15, 0.2) is 41.3 Å². The Labute approximate surface area is 158 Å². The summed E-state index contributed by atoms with van der Waals surface area (Å²) in [6, 6.07) is 8.94. The molecule has 0 unspecified atom stereocenters. The molecular formula is C19H21FN2O4S. The van der Waals surface area contributed by atoms with E-state index < -0.39 is 26.6 Å². The number of aryl methyl sites for hydroxylation is 2. The largest absolute Gasteiger partial charge is 0.379 e. The van der Waals surface area contributed by atoms with E-state index in [0.29, 0.717) is 5.69 Å². The van der Waals surface area contributed by atoms with Crippen molar-refractivity contribution in [2.24, 2.45) is 0 Å². The van der Waals surface area contributed by atoms with Gasteiger partial charge in [0.15, 0.2) is 0 Å². The van der Waals surface area contributed by atoms with Crippen molar-refractivity contribution in [2.75, 3.05) is 31.6 Å². The zero-order valence-corrected chi connectivity index (χ0v) is 16.0. The van der Waals surface area contributed by atoms with Crippen molar-refractivity contribution in [3.8, 4) is 0 Å². The molecule has 3 rings (SSSR count). The molecule has 0 bridgehead atoms. The van der Waals surface area contributed by atoms with Crippen molar-refractivity contribution in [3.05, 3.63) is 58.9 Å². The number of morpholine rings is 1. The molecule has 0 saturated carbocycles. The highest BCUT2D eigenvalue weighted by Crippen LogP contribution is 2.23. The molecule has 1 aliphatic rings. The fourth-order valence-corrected chi connectivity index (χ4v) is 4.52. The van der Waals surface area contributed by atoms with E-state index in [1.54, 1.807) is 12.1 Å². The number of ether oxygens (including phenoxy) is 1. The number of carbonyl (C=O) groups is 1. The Morgan fingerprint density at radius 1 is 1.07 bits per heavy atom. The summed E-state index contributed by atoms with van der Waals surface area (Å²) < 4.78 is 46.0. The maximum atomic E-state index is 14.2. The van der Waals surface area contributed by atoms with Crippen LogP contribution in [0.5, 0.6) is 0 Å². The second-order valence-corrected chi connectivity index (χ2v) is 8.40. The lowest BCUT2D eigenvalue weighted by atomic mass is 10.1. The van der Waals surface area contributed by atoms with E-state index in [4.69, 9.17) is 4.74 Å². The molecule has 1 aliphatic heterocycles. The van der Waals surface area contributed by atoms with E-state index in [1.165, 1.54) is 10.4 Å². The van der Waals surface area contributed by atoms with Crippen LogP contribution in [0.25, 0.3) is 0 Å². The predicted octanol–water partition coefficient (Wildman–Crippen LogP) is 2.72. The van der Waals surface area contributed by atoms with E-state index in [9.17, 15) is 17.6 Å². The molecule has 144 valence electrons. The minimum absolute atomic E-state index is 0.0717. The van der Waals surface area contributed by atoms with Gasteiger partial charge in [-0.15, -0.1) is 0 Å². The lowest BCUT2D eigenvalue weighted by Gasteiger charge is -2.26. The molecule has 0 spiro atoms. The SMILES string of the molecule is Cc1cc(C)cc(NC(=O)c2ccc(F)c(S(=O)(=O)N3CCOCC3)c2)c1. The van der Waals surface area contributed by atoms with Crippen molar-refractivity contribution in [1.82, 2.24) is 4.31 Å². The van der Waals surface area contributed by atoms with Crippen molar-refractivity contribution >= 4 is 21.6 Å². The second-order valence-electron chi connectivity index (χ2n) is 6.49. The molecule has 1 heterocycles. The van der Waals surface area contributed by atoms with Gasteiger partial charge in [-0.25, -0.2) is 12.8 Å². The molecule has 8 heteroatoms. The van der Waals surface area contributed by atoms with Gasteiger partial charge in [-0.05, 0) is 55.3 Å². The number of hydrogen-bond donors (Lipinski definition) is 1. The van der Waals surface area contributed by atoms with Gasteiger partial charge in [-0.3, -0.25) is 4.79 Å². The van der Waals surface area contributed by atoms with Gasteiger partial charge in [0.05, 0.1) is 13.2 Å². The predicted molar refractivity (Wildman–Crippen MR) is 99.8 cm³/mol. The molecule has 6 nitrogen and oxygen atoms in total. The first kappa shape index (κ1) is 19.5. The minimum atomic E-state index is -4.04. The van der Waals surface area contributed by atoms with E-state index in [2.05, 4.69) is 5.32 Å². The number of rotatable bonds is 4. The van der Waals surface area contributed by atoms with Gasteiger partial charge < -0.3 is 10.1 Å². The van der Waals surface area contributed by atoms with Gasteiger partial charge in [0.25, 0.3) is 5.91 Å². The zero-order chi connectivity index (χ0) is 19.6. The monoisotopic (exact) mass is 392 g/mol. The van der Waals surface area contributed by atoms with Crippen LogP contribution in [0.4, 0.5) is 10.1 Å². The zero-order valence-electron chi connectivity index (χ0n) is 15.2. The summed E-state index contributed by atoms with van der Waals surface area (Å²) >= 11 is 0. The van der Waals surface area contributed by atoms with Gasteiger partial charge in [0, 0.05) is 24.3 Å². The molecule has 0 radical (unpaired) electrons. The van der Waals surface area contributed by atoms with Crippen LogP contribution in [0.3, 0.4) is 0 Å². The number of benzene rings is 2. The Morgan fingerprint density at radius 3 is 2.33 bits per heavy atom. The summed E-state index contributed by atoms with van der Waals surface area (Å²) in [5.41, 5.74) is 2.64. The number of sulfonamides is 1. The normalized spacial score (nSPS) is 15.5. The average molecular weight is 392 g/mol. The van der Waals surface area contributed by atoms with Crippen LogP contribution < -0.4 is 5.32 Å². The van der Waals surface area contributed by atoms with Gasteiger partial charge in [0.2, 0.25) is 10.0 Å². The Hall–Kier alpha value is -2.29. The molecule has 2 aromatic carbocycles. The molecule has 27 heavy (non-hydrogen) atoms. The number of carbonyl (C=O) groups excluding carboxylic acids is 1. The van der Waals surface area contributed by atoms with Gasteiger partial charge in [0.1, 0.15) is 10.7 Å². The second kappa shape index (κ2) is 7.75. The third-order valence-corrected chi connectivity index (χ3v) is 6.17. The third kappa shape index (κ3) is 4.35. The van der Waals surface area contributed by atoms with Gasteiger partial charge >= 0.3 is 0 Å². The number of anilines is 1. The van der Waals surface area contributed by atoms with Crippen LogP contribution >= 0.6 is 0 Å². The fraction of sp³-hybridized carbons (Fsp3) is 0.316. The molecule has 1 fully saturated rings. The minimum Gasteiger partial charge on any atom is -0.379 e. The molecular weight excluding hydrogens is 371 g/mol. The third-order valence-electron chi connectivity index (χ3n) is 4.26. The van der Waals surface area contributed by atoms with Crippen molar-refractivity contribution in [1.29, 1.82) is 0 Å². The lowest BCUT2D eigenvalue weighted by Crippen LogP contribution is -2.41. The number of halogens is 1. The van der Waals surface area contributed by atoms with Crippen molar-refractivity contribution in [2.45, 2.75) is 18.7 Å². The van der Waals surface area contributed by atoms with Gasteiger partial charge in [-0.2, -0.15) is 4.31 Å². The maximum absolute atomic E-state index is 14.2. The first-order chi connectivity index (χ1) is 12.8. The Bertz CT molecular complexity index is 949. The standard InChI is InChI=1S/C19H21FN2O4S/c1-13-9-14(2)11-16(10-13)21-19(23)15-3-4-17(20)18(12-15)27(24,25)22-5-7-26-8-6-22/h3-4,9-12H,5-8H2,1-2H3,(H,21,23). The summed E-state index contributed by atoms with van der Waals surface area (Å²) in [4.78, 5) is 12.0. The van der Waals surface area contributed by atoms with Gasteiger partial charge in [-0.1, -0.05) is 6.07 Å². The molecule has 1 N–H and O–H groups in total. The number of amides is 1. The van der Waals surface area contributed by atoms with Crippen molar-refractivity contribution < 1.29 is 22.3 Å². The van der Waals surface area contributed by atoms with E-state index in [0.717, 1.165) is 23.3 Å². The molecule has 2 aromatic rings. The van der Waals surface area contributed by atoms with Crippen LogP contribution in [0.2, 0.25) is 0 Å². The average Bonchev–Trinajstić information content (AvgIpc) is 2.61. The van der Waals surface area contributed by atoms with E-state index >= 15 is 0 Å². The molecule has 1 amide bonds. The van der Waals surface area contributed by atoms with Crippen molar-refractivity contribution in [3.63, 3.8) is 0 Å². The van der Waals surface area contributed by atoms with Crippen LogP contribution in [0.1, 0.15) is 21.5 Å². The molecule has 0 atom stereocenters. The Balaban J connectivity index is 1.89. The Morgan fingerprint density at radius 2 is 1.70 bits per heavy atom. The van der Waals surface area contributed by atoms with Crippen LogP contribution in [-0.2, 0) is 14.8 Å². The summed E-state index contributed by atoms with van der Waals surface area (Å²) in [6.45, 7) is 4.64. The first-order valence-electron chi connectivity index (χ1n) is 8.54. The summed E-state index contributed by atoms with van der Waals surface area (Å²) in [5, 5.41) is 2.73. The molecule has 0 aromatic heterocycles. The topological polar surface area (TPSA) is 75.7 Å². The molecule has 0 aliphatic carbocycles. The highest BCUT2D eigenvalue weighted by atomic mass is 32.2. The summed E-state index contributed by atoms with van der Waals surface area (Å²) in [6.07, 6.45) is 0. The summed E-state index contributed by atoms with van der Waals surface area (Å²) in [7, 11) is -4.04. The number of nitrogens with one attached hydrogen (secondary N) is 1. The van der Waals surface area contributed by atoms with Crippen LogP contribution in [-0.4, -0.2) is 44.9 Å². The summed E-state index contributed by atoms with van der Waals surface area (Å²) in [5.74, 6) is -1.39. The first-order valence-corrected chi connectivity index (χ1v) is 9.98. The Kier molecular flexibility index (Phi) is 5.59. The number of hydrogen-bond acceptors (Lipinski definition) is 4. The quantitative estimate of drug-likeness (QED) is 0.868. The van der Waals surface area contributed by atoms with Crippen LogP contribution in [0, 0.1) is 19.7 Å². The fourth-order valence-electron chi connectivity index (χ4n) is 3.02. The highest BCUT2D eigenvalue weighted by Gasteiger charge is 2.29. The van der Waals surface area contributed by atoms with E-state index in [-0.39, 0.29) is 31.9 Å². The smallest absolute Gasteiger partial charge is 0.255 e. The molecule has 1 saturated heterocycles. The maximum Gasteiger partial charge on any atom is 0.255 e.